The van der Waals surface area contributed by atoms with E-state index in [2.05, 4.69) is 53.3 Å². The molecule has 7 nitrogen and oxygen atoms in total. The van der Waals surface area contributed by atoms with Crippen LogP contribution < -0.4 is 9.47 Å². The molecule has 2 aromatic carbocycles. The lowest BCUT2D eigenvalue weighted by atomic mass is 9.96. The second-order valence-electron chi connectivity index (χ2n) is 8.86. The molecule has 8 heteroatoms. The van der Waals surface area contributed by atoms with E-state index >= 15 is 0 Å². The number of aromatic nitrogens is 3. The summed E-state index contributed by atoms with van der Waals surface area (Å²) in [6.45, 7) is 4.80. The Kier molecular flexibility index (Phi) is 9.28. The van der Waals surface area contributed by atoms with E-state index in [4.69, 9.17) is 9.47 Å². The van der Waals surface area contributed by atoms with Gasteiger partial charge in [0, 0.05) is 17.3 Å². The molecule has 0 amide bonds. The lowest BCUT2D eigenvalue weighted by Crippen LogP contribution is -2.05. The highest BCUT2D eigenvalue weighted by atomic mass is 32.2. The molecule has 1 N–H and O–H groups in total. The van der Waals surface area contributed by atoms with Crippen LogP contribution in [-0.2, 0) is 11.4 Å². The number of hydrogen-bond donors (Lipinski definition) is 1. The van der Waals surface area contributed by atoms with Gasteiger partial charge < -0.3 is 14.6 Å². The van der Waals surface area contributed by atoms with Crippen molar-refractivity contribution in [1.82, 2.24) is 14.6 Å². The van der Waals surface area contributed by atoms with Crippen molar-refractivity contribution in [1.29, 1.82) is 0 Å². The summed E-state index contributed by atoms with van der Waals surface area (Å²) in [7, 11) is 0. The van der Waals surface area contributed by atoms with E-state index in [1.165, 1.54) is 6.33 Å². The van der Waals surface area contributed by atoms with Gasteiger partial charge in [-0.3, -0.25) is 4.79 Å². The number of carboxylic acids is 1. The first-order chi connectivity index (χ1) is 18.5. The average Bonchev–Trinajstić information content (AvgIpc) is 3.39. The number of ether oxygens (including phenoxy) is 2. The van der Waals surface area contributed by atoms with Crippen molar-refractivity contribution >= 4 is 23.4 Å². The third kappa shape index (κ3) is 6.87. The second-order valence-corrected chi connectivity index (χ2v) is 9.84. The van der Waals surface area contributed by atoms with E-state index in [1.54, 1.807) is 11.4 Å². The van der Waals surface area contributed by atoms with Crippen LogP contribution in [0.25, 0.3) is 16.8 Å². The number of benzene rings is 2. The maximum atomic E-state index is 11.2. The first-order valence-electron chi connectivity index (χ1n) is 12.4. The first kappa shape index (κ1) is 27.1. The van der Waals surface area contributed by atoms with Crippen molar-refractivity contribution in [3.05, 3.63) is 77.7 Å². The van der Waals surface area contributed by atoms with E-state index in [-0.39, 0.29) is 12.3 Å². The minimum atomic E-state index is -0.876. The van der Waals surface area contributed by atoms with Gasteiger partial charge in [0.1, 0.15) is 24.4 Å². The van der Waals surface area contributed by atoms with Crippen molar-refractivity contribution < 1.29 is 19.4 Å². The number of carbonyl (C=O) groups is 1. The Morgan fingerprint density at radius 2 is 1.92 bits per heavy atom. The zero-order valence-electron chi connectivity index (χ0n) is 21.8. The van der Waals surface area contributed by atoms with Crippen LogP contribution in [0.5, 0.6) is 11.5 Å². The van der Waals surface area contributed by atoms with E-state index in [1.807, 2.05) is 48.3 Å². The molecule has 0 fully saturated rings. The van der Waals surface area contributed by atoms with Crippen LogP contribution in [0, 0.1) is 18.8 Å². The monoisotopic (exact) mass is 529 g/mol. The second kappa shape index (κ2) is 13.0. The average molecular weight is 530 g/mol. The van der Waals surface area contributed by atoms with Crippen LogP contribution in [0.15, 0.2) is 61.1 Å². The molecule has 0 saturated heterocycles. The lowest BCUT2D eigenvalue weighted by Gasteiger charge is -2.13. The summed E-state index contributed by atoms with van der Waals surface area (Å²) < 4.78 is 13.8. The molecule has 0 bridgehead atoms. The topological polar surface area (TPSA) is 86.0 Å². The normalized spacial score (nSPS) is 11.6. The fourth-order valence-electron chi connectivity index (χ4n) is 4.25. The molecule has 4 rings (SSSR count). The minimum absolute atomic E-state index is 0.0385. The molecule has 0 aliphatic carbocycles. The Hall–Kier alpha value is -3.96. The van der Waals surface area contributed by atoms with E-state index in [9.17, 15) is 9.90 Å². The van der Waals surface area contributed by atoms with Gasteiger partial charge in [0.05, 0.1) is 18.9 Å². The molecular formula is C30H31N3O4S. The zero-order chi connectivity index (χ0) is 26.9. The van der Waals surface area contributed by atoms with Gasteiger partial charge in [0.2, 0.25) is 0 Å². The molecule has 2 heterocycles. The van der Waals surface area contributed by atoms with Gasteiger partial charge in [-0.15, -0.1) is 5.92 Å². The number of hydrogen-bond acceptors (Lipinski definition) is 6. The number of pyridine rings is 1. The molecule has 1 unspecified atom stereocenters. The Labute approximate surface area is 227 Å². The molecule has 0 spiro atoms. The summed E-state index contributed by atoms with van der Waals surface area (Å²) in [6, 6.07) is 15.6. The maximum absolute atomic E-state index is 11.2. The van der Waals surface area contributed by atoms with E-state index < -0.39 is 5.97 Å². The number of nitrogens with zero attached hydrogens (tertiary/aromatic N) is 3. The summed E-state index contributed by atoms with van der Waals surface area (Å²) in [5, 5.41) is 13.5. The summed E-state index contributed by atoms with van der Waals surface area (Å²) in [5.74, 6) is 7.19. The lowest BCUT2D eigenvalue weighted by molar-refractivity contribution is -0.137. The van der Waals surface area contributed by atoms with Crippen molar-refractivity contribution in [2.75, 3.05) is 18.6 Å². The summed E-state index contributed by atoms with van der Waals surface area (Å²) in [6.07, 6.45) is 6.59. The molecule has 4 aromatic rings. The Balaban J connectivity index is 1.51. The number of aryl methyl sites for hydroxylation is 1. The number of fused-ring (bicyclic) bond motifs is 1. The fourth-order valence-corrected chi connectivity index (χ4v) is 4.66. The van der Waals surface area contributed by atoms with Crippen molar-refractivity contribution in [3.8, 4) is 34.5 Å². The van der Waals surface area contributed by atoms with Crippen LogP contribution in [0.1, 0.15) is 42.4 Å². The Morgan fingerprint density at radius 3 is 2.63 bits per heavy atom. The molecule has 2 aromatic heterocycles. The minimum Gasteiger partial charge on any atom is -0.494 e. The Bertz CT molecular complexity index is 1450. The standard InChI is InChI=1S/C30H31N3O4S/c1-4-6-23(17-29(34)35)22-7-9-26(10-8-22)37-19-25-16-24(18-33-30(25)31-20-32-33)28-12-11-27(15-21(28)2)36-13-5-14-38-3/h7-12,15-16,18,20,23H,5,13-14,17,19H2,1-3H3,(H,34,35). The van der Waals surface area contributed by atoms with Gasteiger partial charge in [-0.1, -0.05) is 24.1 Å². The SMILES string of the molecule is CC#CC(CC(=O)O)c1ccc(OCc2cc(-c3ccc(OCCCSC)cc3C)cn3ncnc23)cc1. The fraction of sp³-hybridized carbons (Fsp3) is 0.300. The summed E-state index contributed by atoms with van der Waals surface area (Å²) in [5.41, 5.74) is 5.70. The van der Waals surface area contributed by atoms with Crippen molar-refractivity contribution in [2.45, 2.75) is 39.2 Å². The zero-order valence-corrected chi connectivity index (χ0v) is 22.6. The quantitative estimate of drug-likeness (QED) is 0.178. The summed E-state index contributed by atoms with van der Waals surface area (Å²) in [4.78, 5) is 15.6. The maximum Gasteiger partial charge on any atom is 0.304 e. The number of carboxylic acid groups (broad SMARTS) is 1. The van der Waals surface area contributed by atoms with Crippen LogP contribution >= 0.6 is 11.8 Å². The molecule has 0 aliphatic rings. The Morgan fingerprint density at radius 1 is 1.13 bits per heavy atom. The third-order valence-corrected chi connectivity index (χ3v) is 6.79. The van der Waals surface area contributed by atoms with Gasteiger partial charge in [-0.05, 0) is 79.3 Å². The van der Waals surface area contributed by atoms with Gasteiger partial charge in [-0.25, -0.2) is 9.50 Å². The predicted molar refractivity (Wildman–Crippen MR) is 151 cm³/mol. The first-order valence-corrected chi connectivity index (χ1v) is 13.8. The van der Waals surface area contributed by atoms with Crippen LogP contribution in [0.3, 0.4) is 0 Å². The smallest absolute Gasteiger partial charge is 0.304 e. The van der Waals surface area contributed by atoms with Crippen molar-refractivity contribution in [3.63, 3.8) is 0 Å². The molecule has 0 radical (unpaired) electrons. The van der Waals surface area contributed by atoms with Crippen LogP contribution in [0.4, 0.5) is 0 Å². The van der Waals surface area contributed by atoms with E-state index in [0.29, 0.717) is 19.0 Å². The summed E-state index contributed by atoms with van der Waals surface area (Å²) >= 11 is 1.82. The van der Waals surface area contributed by atoms with Gasteiger partial charge >= 0.3 is 5.97 Å². The van der Waals surface area contributed by atoms with Gasteiger partial charge in [0.15, 0.2) is 5.65 Å². The van der Waals surface area contributed by atoms with Gasteiger partial charge in [0.25, 0.3) is 0 Å². The number of thioether (sulfide) groups is 1. The van der Waals surface area contributed by atoms with Crippen molar-refractivity contribution in [2.24, 2.45) is 0 Å². The number of aliphatic carboxylic acids is 1. The van der Waals surface area contributed by atoms with Crippen LogP contribution in [-0.4, -0.2) is 44.3 Å². The molecule has 1 atom stereocenters. The highest BCUT2D eigenvalue weighted by Crippen LogP contribution is 2.29. The molecular weight excluding hydrogens is 498 g/mol. The third-order valence-electron chi connectivity index (χ3n) is 6.10. The number of rotatable bonds is 12. The van der Waals surface area contributed by atoms with Crippen LogP contribution in [0.2, 0.25) is 0 Å². The highest BCUT2D eigenvalue weighted by molar-refractivity contribution is 7.98. The largest absolute Gasteiger partial charge is 0.494 e. The molecule has 0 saturated carbocycles. The van der Waals surface area contributed by atoms with E-state index in [0.717, 1.165) is 51.4 Å². The highest BCUT2D eigenvalue weighted by Gasteiger charge is 2.14. The molecule has 0 aliphatic heterocycles. The molecule has 196 valence electrons. The molecule has 38 heavy (non-hydrogen) atoms. The predicted octanol–water partition coefficient (Wildman–Crippen LogP) is 6.00. The van der Waals surface area contributed by atoms with Gasteiger partial charge in [-0.2, -0.15) is 16.9 Å².